The molecule has 1 aliphatic heterocycles. The molecule has 6 nitrogen and oxygen atoms in total. The average Bonchev–Trinajstić information content (AvgIpc) is 2.60. The van der Waals surface area contributed by atoms with E-state index >= 15 is 0 Å². The van der Waals surface area contributed by atoms with Gasteiger partial charge >= 0.3 is 0 Å². The molecule has 1 saturated heterocycles. The number of anilines is 2. The molecule has 1 fully saturated rings. The topological polar surface area (TPSA) is 55.9 Å². The number of piperazine rings is 1. The van der Waals surface area contributed by atoms with E-state index in [1.807, 2.05) is 19.1 Å². The second-order valence-electron chi connectivity index (χ2n) is 6.58. The third-order valence-electron chi connectivity index (χ3n) is 4.54. The van der Waals surface area contributed by atoms with E-state index in [4.69, 9.17) is 0 Å². The van der Waals surface area contributed by atoms with Crippen molar-refractivity contribution < 1.29 is 9.59 Å². The Balaban J connectivity index is 1.94. The lowest BCUT2D eigenvalue weighted by Crippen LogP contribution is -2.44. The molecule has 0 saturated carbocycles. The number of carbonyl (C=O) groups excluding carboxylic acids is 2. The van der Waals surface area contributed by atoms with Crippen LogP contribution in [0.2, 0.25) is 0 Å². The van der Waals surface area contributed by atoms with Gasteiger partial charge in [-0.1, -0.05) is 6.92 Å². The monoisotopic (exact) mass is 346 g/mol. The Kier molecular flexibility index (Phi) is 7.25. The summed E-state index contributed by atoms with van der Waals surface area (Å²) in [6.07, 6.45) is 1.36. The molecule has 0 spiro atoms. The Bertz CT molecular complexity index is 565. The molecule has 1 N–H and O–H groups in total. The number of amides is 2. The van der Waals surface area contributed by atoms with Crippen molar-refractivity contribution in [3.05, 3.63) is 24.3 Å². The van der Waals surface area contributed by atoms with Gasteiger partial charge in [0.2, 0.25) is 11.8 Å². The van der Waals surface area contributed by atoms with Crippen LogP contribution in [0.25, 0.3) is 0 Å². The number of hydrogen-bond acceptors (Lipinski definition) is 4. The number of nitrogens with one attached hydrogen (secondary N) is 1. The lowest BCUT2D eigenvalue weighted by atomic mass is 10.2. The minimum Gasteiger partial charge on any atom is -0.369 e. The number of hydrogen-bond donors (Lipinski definition) is 1. The zero-order valence-electron chi connectivity index (χ0n) is 15.6. The molecule has 0 unspecified atom stereocenters. The van der Waals surface area contributed by atoms with Crippen molar-refractivity contribution >= 4 is 23.2 Å². The minimum absolute atomic E-state index is 0.0166. The highest BCUT2D eigenvalue weighted by Crippen LogP contribution is 2.22. The van der Waals surface area contributed by atoms with Crippen LogP contribution in [-0.2, 0) is 9.59 Å². The minimum atomic E-state index is -0.0166. The zero-order chi connectivity index (χ0) is 18.2. The van der Waals surface area contributed by atoms with Gasteiger partial charge in [0.25, 0.3) is 0 Å². The summed E-state index contributed by atoms with van der Waals surface area (Å²) < 4.78 is 0. The highest BCUT2D eigenvalue weighted by atomic mass is 16.2. The molecule has 1 aliphatic rings. The molecule has 2 rings (SSSR count). The third-order valence-corrected chi connectivity index (χ3v) is 4.54. The van der Waals surface area contributed by atoms with Crippen LogP contribution in [0, 0.1) is 0 Å². The summed E-state index contributed by atoms with van der Waals surface area (Å²) in [7, 11) is 2.14. The number of nitrogens with zero attached hydrogens (tertiary/aromatic N) is 3. The molecule has 6 heteroatoms. The van der Waals surface area contributed by atoms with E-state index in [2.05, 4.69) is 34.3 Å². The molecule has 0 atom stereocenters. The Labute approximate surface area is 150 Å². The number of rotatable bonds is 7. The lowest BCUT2D eigenvalue weighted by Gasteiger charge is -2.34. The first-order chi connectivity index (χ1) is 12.0. The Morgan fingerprint density at radius 3 is 2.32 bits per heavy atom. The molecular weight excluding hydrogens is 316 g/mol. The van der Waals surface area contributed by atoms with Crippen molar-refractivity contribution in [3.8, 4) is 0 Å². The fraction of sp³-hybridized carbons (Fsp3) is 0.579. The van der Waals surface area contributed by atoms with E-state index in [-0.39, 0.29) is 11.8 Å². The van der Waals surface area contributed by atoms with Gasteiger partial charge in [0, 0.05) is 64.0 Å². The molecule has 1 aromatic rings. The molecule has 0 radical (unpaired) electrons. The predicted octanol–water partition coefficient (Wildman–Crippen LogP) is 1.71. The van der Waals surface area contributed by atoms with Gasteiger partial charge in [-0.2, -0.15) is 0 Å². The van der Waals surface area contributed by atoms with Gasteiger partial charge in [0.05, 0.1) is 0 Å². The van der Waals surface area contributed by atoms with Crippen LogP contribution in [-0.4, -0.2) is 63.0 Å². The molecule has 25 heavy (non-hydrogen) atoms. The van der Waals surface area contributed by atoms with Crippen LogP contribution in [0.4, 0.5) is 11.4 Å². The maximum absolute atomic E-state index is 12.0. The molecule has 138 valence electrons. The van der Waals surface area contributed by atoms with Gasteiger partial charge in [0.1, 0.15) is 0 Å². The summed E-state index contributed by atoms with van der Waals surface area (Å²) in [5.74, 6) is 0.0218. The Hall–Kier alpha value is -2.08. The maximum Gasteiger partial charge on any atom is 0.223 e. The average molecular weight is 346 g/mol. The maximum atomic E-state index is 12.0. The quantitative estimate of drug-likeness (QED) is 0.817. The van der Waals surface area contributed by atoms with Gasteiger partial charge < -0.3 is 20.0 Å². The molecule has 0 aliphatic carbocycles. The fourth-order valence-corrected chi connectivity index (χ4v) is 3.00. The summed E-state index contributed by atoms with van der Waals surface area (Å²) in [5, 5.41) is 2.86. The summed E-state index contributed by atoms with van der Waals surface area (Å²) in [4.78, 5) is 29.9. The van der Waals surface area contributed by atoms with Crippen LogP contribution >= 0.6 is 0 Å². The smallest absolute Gasteiger partial charge is 0.223 e. The SMILES string of the molecule is CCCC(=O)NCCN(C(C)=O)c1ccc(N2CCN(C)CC2)cc1. The first kappa shape index (κ1) is 19.2. The highest BCUT2D eigenvalue weighted by molar-refractivity contribution is 5.91. The summed E-state index contributed by atoms with van der Waals surface area (Å²) in [6.45, 7) is 8.67. The molecular formula is C19H30N4O2. The number of benzene rings is 1. The molecule has 1 heterocycles. The van der Waals surface area contributed by atoms with Crippen LogP contribution < -0.4 is 15.1 Å². The van der Waals surface area contributed by atoms with Gasteiger partial charge in [-0.25, -0.2) is 0 Å². The van der Waals surface area contributed by atoms with Crippen LogP contribution in [0.15, 0.2) is 24.3 Å². The number of carbonyl (C=O) groups is 2. The van der Waals surface area contributed by atoms with Gasteiger partial charge in [-0.15, -0.1) is 0 Å². The largest absolute Gasteiger partial charge is 0.369 e. The van der Waals surface area contributed by atoms with Crippen molar-refractivity contribution in [2.75, 3.05) is 56.1 Å². The van der Waals surface area contributed by atoms with E-state index in [0.29, 0.717) is 19.5 Å². The van der Waals surface area contributed by atoms with Crippen LogP contribution in [0.1, 0.15) is 26.7 Å². The molecule has 0 aromatic heterocycles. The van der Waals surface area contributed by atoms with Crippen LogP contribution in [0.3, 0.4) is 0 Å². The summed E-state index contributed by atoms with van der Waals surface area (Å²) >= 11 is 0. The van der Waals surface area contributed by atoms with E-state index in [0.717, 1.165) is 38.3 Å². The summed E-state index contributed by atoms with van der Waals surface area (Å²) in [5.41, 5.74) is 2.06. The Morgan fingerprint density at radius 1 is 1.12 bits per heavy atom. The normalized spacial score (nSPS) is 15.1. The number of likely N-dealkylation sites (N-methyl/N-ethyl adjacent to an activating group) is 1. The van der Waals surface area contributed by atoms with Crippen molar-refractivity contribution in [2.45, 2.75) is 26.7 Å². The summed E-state index contributed by atoms with van der Waals surface area (Å²) in [6, 6.07) is 8.13. The Morgan fingerprint density at radius 2 is 1.76 bits per heavy atom. The first-order valence-corrected chi connectivity index (χ1v) is 9.09. The fourth-order valence-electron chi connectivity index (χ4n) is 3.00. The van der Waals surface area contributed by atoms with Gasteiger partial charge in [-0.05, 0) is 37.7 Å². The first-order valence-electron chi connectivity index (χ1n) is 9.09. The highest BCUT2D eigenvalue weighted by Gasteiger charge is 2.16. The van der Waals surface area contributed by atoms with Crippen molar-refractivity contribution in [1.29, 1.82) is 0 Å². The van der Waals surface area contributed by atoms with E-state index in [9.17, 15) is 9.59 Å². The van der Waals surface area contributed by atoms with Gasteiger partial charge in [-0.3, -0.25) is 9.59 Å². The lowest BCUT2D eigenvalue weighted by molar-refractivity contribution is -0.121. The standard InChI is InChI=1S/C19H30N4O2/c1-4-5-19(25)20-10-11-23(16(2)24)18-8-6-17(7-9-18)22-14-12-21(3)13-15-22/h6-9H,4-5,10-15H2,1-3H3,(H,20,25). The predicted molar refractivity (Wildman–Crippen MR) is 102 cm³/mol. The second-order valence-corrected chi connectivity index (χ2v) is 6.58. The second kappa shape index (κ2) is 9.42. The van der Waals surface area contributed by atoms with E-state index in [1.54, 1.807) is 11.8 Å². The van der Waals surface area contributed by atoms with Crippen molar-refractivity contribution in [1.82, 2.24) is 10.2 Å². The third kappa shape index (κ3) is 5.74. The molecule has 2 amide bonds. The molecule has 0 bridgehead atoms. The van der Waals surface area contributed by atoms with E-state index < -0.39 is 0 Å². The van der Waals surface area contributed by atoms with Gasteiger partial charge in [0.15, 0.2) is 0 Å². The van der Waals surface area contributed by atoms with Crippen molar-refractivity contribution in [2.24, 2.45) is 0 Å². The zero-order valence-corrected chi connectivity index (χ0v) is 15.6. The van der Waals surface area contributed by atoms with Crippen molar-refractivity contribution in [3.63, 3.8) is 0 Å². The van der Waals surface area contributed by atoms with Crippen LogP contribution in [0.5, 0.6) is 0 Å². The molecule has 1 aromatic carbocycles. The van der Waals surface area contributed by atoms with E-state index in [1.165, 1.54) is 5.69 Å².